The monoisotopic (exact) mass is 375 g/mol. The normalized spacial score (nSPS) is 15.4. The minimum atomic E-state index is -0.631. The third-order valence-corrected chi connectivity index (χ3v) is 4.43. The highest BCUT2D eigenvalue weighted by atomic mass is 35.5. The van der Waals surface area contributed by atoms with E-state index in [0.717, 1.165) is 18.9 Å². The van der Waals surface area contributed by atoms with E-state index in [9.17, 15) is 4.79 Å². The Bertz CT molecular complexity index is 733. The fourth-order valence-electron chi connectivity index (χ4n) is 2.68. The van der Waals surface area contributed by atoms with Crippen LogP contribution in [-0.4, -0.2) is 43.3 Å². The lowest BCUT2D eigenvalue weighted by Gasteiger charge is -2.27. The molecule has 1 aromatic carbocycles. The third kappa shape index (κ3) is 4.65. The lowest BCUT2D eigenvalue weighted by atomic mass is 10.2. The topological polar surface area (TPSA) is 63.7 Å². The highest BCUT2D eigenvalue weighted by Crippen LogP contribution is 2.25. The maximum absolute atomic E-state index is 12.5. The molecular weight excluding hydrogens is 354 g/mol. The average Bonchev–Trinajstić information content (AvgIpc) is 2.68. The maximum Gasteiger partial charge on any atom is 0.265 e. The van der Waals surface area contributed by atoms with Gasteiger partial charge in [-0.15, -0.1) is 0 Å². The van der Waals surface area contributed by atoms with E-state index >= 15 is 0 Å². The number of pyridine rings is 1. The van der Waals surface area contributed by atoms with E-state index < -0.39 is 6.10 Å². The van der Waals surface area contributed by atoms with E-state index in [0.29, 0.717) is 36.1 Å². The van der Waals surface area contributed by atoms with Gasteiger partial charge >= 0.3 is 0 Å². The van der Waals surface area contributed by atoms with Gasteiger partial charge in [0.2, 0.25) is 0 Å². The second kappa shape index (κ2) is 8.87. The molecule has 0 spiro atoms. The number of benzene rings is 1. The highest BCUT2D eigenvalue weighted by molar-refractivity contribution is 6.32. The number of aromatic nitrogens is 1. The molecule has 1 atom stereocenters. The Morgan fingerprint density at radius 1 is 1.31 bits per heavy atom. The van der Waals surface area contributed by atoms with Crippen molar-refractivity contribution in [3.05, 3.63) is 47.6 Å². The molecule has 1 aliphatic heterocycles. The predicted molar refractivity (Wildman–Crippen MR) is 102 cm³/mol. The van der Waals surface area contributed by atoms with Crippen LogP contribution in [0.25, 0.3) is 0 Å². The minimum Gasteiger partial charge on any atom is -0.479 e. The molecule has 7 heteroatoms. The van der Waals surface area contributed by atoms with Gasteiger partial charge in [-0.25, -0.2) is 4.98 Å². The summed E-state index contributed by atoms with van der Waals surface area (Å²) in [6, 6.07) is 10.9. The molecule has 1 saturated heterocycles. The Morgan fingerprint density at radius 2 is 2.08 bits per heavy atom. The summed E-state index contributed by atoms with van der Waals surface area (Å²) < 4.78 is 11.1. The summed E-state index contributed by atoms with van der Waals surface area (Å²) in [6.45, 7) is 4.95. The van der Waals surface area contributed by atoms with Crippen molar-refractivity contribution in [3.63, 3.8) is 0 Å². The first kappa shape index (κ1) is 18.5. The van der Waals surface area contributed by atoms with Crippen LogP contribution in [0.1, 0.15) is 13.3 Å². The van der Waals surface area contributed by atoms with Crippen LogP contribution in [0.2, 0.25) is 5.02 Å². The maximum atomic E-state index is 12.5. The number of amides is 1. The van der Waals surface area contributed by atoms with Crippen molar-refractivity contribution in [2.45, 2.75) is 19.4 Å². The van der Waals surface area contributed by atoms with Gasteiger partial charge in [0.15, 0.2) is 6.10 Å². The Morgan fingerprint density at radius 3 is 2.73 bits per heavy atom. The van der Waals surface area contributed by atoms with Gasteiger partial charge in [0.25, 0.3) is 5.91 Å². The summed E-state index contributed by atoms with van der Waals surface area (Å²) in [4.78, 5) is 19.1. The quantitative estimate of drug-likeness (QED) is 0.838. The van der Waals surface area contributed by atoms with Gasteiger partial charge in [-0.2, -0.15) is 0 Å². The number of anilines is 2. The van der Waals surface area contributed by atoms with Gasteiger partial charge in [0.05, 0.1) is 30.1 Å². The van der Waals surface area contributed by atoms with Gasteiger partial charge in [0.1, 0.15) is 11.6 Å². The number of carbonyl (C=O) groups excluding carboxylic acids is 1. The van der Waals surface area contributed by atoms with E-state index in [1.807, 2.05) is 31.2 Å². The number of nitrogens with one attached hydrogen (secondary N) is 1. The van der Waals surface area contributed by atoms with Crippen LogP contribution in [-0.2, 0) is 9.53 Å². The number of rotatable bonds is 6. The van der Waals surface area contributed by atoms with E-state index in [-0.39, 0.29) is 5.91 Å². The van der Waals surface area contributed by atoms with Crippen LogP contribution in [0, 0.1) is 0 Å². The number of carbonyl (C=O) groups is 1. The Labute approximate surface area is 158 Å². The summed E-state index contributed by atoms with van der Waals surface area (Å²) in [5, 5.41) is 3.33. The van der Waals surface area contributed by atoms with Crippen LogP contribution in [0.3, 0.4) is 0 Å². The molecule has 2 aromatic rings. The van der Waals surface area contributed by atoms with Crippen molar-refractivity contribution >= 4 is 29.0 Å². The molecule has 6 nitrogen and oxygen atoms in total. The molecule has 26 heavy (non-hydrogen) atoms. The largest absolute Gasteiger partial charge is 0.479 e. The SMILES string of the molecule is CCC(Oc1ccccc1Cl)C(=O)Nc1ccc(N2CCOCC2)nc1. The van der Waals surface area contributed by atoms with Crippen LogP contribution < -0.4 is 15.0 Å². The molecular formula is C19H22ClN3O3. The van der Waals surface area contributed by atoms with Crippen molar-refractivity contribution in [1.29, 1.82) is 0 Å². The van der Waals surface area contributed by atoms with Crippen molar-refractivity contribution in [2.24, 2.45) is 0 Å². The molecule has 0 radical (unpaired) electrons. The van der Waals surface area contributed by atoms with Crippen molar-refractivity contribution in [2.75, 3.05) is 36.5 Å². The number of hydrogen-bond acceptors (Lipinski definition) is 5. The first-order valence-corrected chi connectivity index (χ1v) is 9.06. The lowest BCUT2D eigenvalue weighted by molar-refractivity contribution is -0.122. The van der Waals surface area contributed by atoms with Crippen LogP contribution in [0.5, 0.6) is 5.75 Å². The molecule has 0 aliphatic carbocycles. The van der Waals surface area contributed by atoms with Crippen molar-refractivity contribution in [1.82, 2.24) is 4.98 Å². The minimum absolute atomic E-state index is 0.228. The van der Waals surface area contributed by atoms with E-state index in [1.54, 1.807) is 18.3 Å². The zero-order valence-corrected chi connectivity index (χ0v) is 15.4. The van der Waals surface area contributed by atoms with Crippen molar-refractivity contribution < 1.29 is 14.3 Å². The van der Waals surface area contributed by atoms with E-state index in [4.69, 9.17) is 21.1 Å². The molecule has 1 aliphatic rings. The van der Waals surface area contributed by atoms with Crippen LogP contribution in [0.15, 0.2) is 42.6 Å². The second-order valence-corrected chi connectivity index (χ2v) is 6.35. The fourth-order valence-corrected chi connectivity index (χ4v) is 2.86. The van der Waals surface area contributed by atoms with Gasteiger partial charge in [-0.3, -0.25) is 4.79 Å². The number of para-hydroxylation sites is 1. The Kier molecular flexibility index (Phi) is 6.30. The summed E-state index contributed by atoms with van der Waals surface area (Å²) in [5.41, 5.74) is 0.633. The molecule has 1 unspecified atom stereocenters. The smallest absolute Gasteiger partial charge is 0.265 e. The lowest BCUT2D eigenvalue weighted by Crippen LogP contribution is -2.36. The number of morpholine rings is 1. The number of ether oxygens (including phenoxy) is 2. The fraction of sp³-hybridized carbons (Fsp3) is 0.368. The number of halogens is 1. The van der Waals surface area contributed by atoms with Gasteiger partial charge < -0.3 is 19.7 Å². The molecule has 3 rings (SSSR count). The zero-order chi connectivity index (χ0) is 18.4. The summed E-state index contributed by atoms with van der Waals surface area (Å²) >= 11 is 6.10. The Balaban J connectivity index is 1.61. The predicted octanol–water partition coefficient (Wildman–Crippen LogP) is 3.37. The molecule has 1 fully saturated rings. The molecule has 0 saturated carbocycles. The summed E-state index contributed by atoms with van der Waals surface area (Å²) in [7, 11) is 0. The van der Waals surface area contributed by atoms with Gasteiger partial charge in [-0.1, -0.05) is 30.7 Å². The number of nitrogens with zero attached hydrogens (tertiary/aromatic N) is 2. The molecule has 2 heterocycles. The molecule has 138 valence electrons. The van der Waals surface area contributed by atoms with Crippen LogP contribution in [0.4, 0.5) is 11.5 Å². The summed E-state index contributed by atoms with van der Waals surface area (Å²) in [6.07, 6.45) is 1.55. The van der Waals surface area contributed by atoms with E-state index in [2.05, 4.69) is 15.2 Å². The standard InChI is InChI=1S/C19H22ClN3O3/c1-2-16(26-17-6-4-3-5-15(17)20)19(24)22-14-7-8-18(21-13-14)23-9-11-25-12-10-23/h3-8,13,16H,2,9-12H2,1H3,(H,22,24). The molecule has 1 aromatic heterocycles. The molecule has 1 amide bonds. The third-order valence-electron chi connectivity index (χ3n) is 4.12. The Hall–Kier alpha value is -2.31. The highest BCUT2D eigenvalue weighted by Gasteiger charge is 2.20. The zero-order valence-electron chi connectivity index (χ0n) is 14.7. The van der Waals surface area contributed by atoms with Crippen LogP contribution >= 0.6 is 11.6 Å². The number of hydrogen-bond donors (Lipinski definition) is 1. The molecule has 0 bridgehead atoms. The first-order valence-electron chi connectivity index (χ1n) is 8.68. The second-order valence-electron chi connectivity index (χ2n) is 5.94. The first-order chi connectivity index (χ1) is 12.7. The van der Waals surface area contributed by atoms with Gasteiger partial charge in [-0.05, 0) is 30.7 Å². The van der Waals surface area contributed by atoms with E-state index in [1.165, 1.54) is 0 Å². The van der Waals surface area contributed by atoms with Gasteiger partial charge in [0, 0.05) is 13.1 Å². The summed E-state index contributed by atoms with van der Waals surface area (Å²) in [5.74, 6) is 1.15. The molecule has 1 N–H and O–H groups in total. The van der Waals surface area contributed by atoms with Crippen molar-refractivity contribution in [3.8, 4) is 5.75 Å². The average molecular weight is 376 g/mol.